The highest BCUT2D eigenvalue weighted by Gasteiger charge is 2.34. The highest BCUT2D eigenvalue weighted by atomic mass is 16.1. The number of nitrogens with zero attached hydrogens (tertiary/aromatic N) is 3. The average Bonchev–Trinajstić information content (AvgIpc) is 3.26. The number of amides is 1. The van der Waals surface area contributed by atoms with Crippen molar-refractivity contribution in [2.75, 3.05) is 20.1 Å². The fourth-order valence-corrected chi connectivity index (χ4v) is 4.41. The number of pyridine rings is 1. The third-order valence-electron chi connectivity index (χ3n) is 5.70. The molecule has 3 atom stereocenters. The van der Waals surface area contributed by atoms with Crippen LogP contribution in [0.25, 0.3) is 0 Å². The van der Waals surface area contributed by atoms with Gasteiger partial charge in [-0.1, -0.05) is 6.07 Å². The quantitative estimate of drug-likeness (QED) is 0.894. The summed E-state index contributed by atoms with van der Waals surface area (Å²) in [4.78, 5) is 19.4. The molecular formula is C19H25N5O. The molecule has 25 heavy (non-hydrogen) atoms. The maximum Gasteiger partial charge on any atom is 0.227 e. The lowest BCUT2D eigenvalue weighted by Gasteiger charge is -2.27. The van der Waals surface area contributed by atoms with E-state index < -0.39 is 0 Å². The van der Waals surface area contributed by atoms with Gasteiger partial charge < -0.3 is 5.32 Å². The predicted octanol–water partition coefficient (Wildman–Crippen LogP) is 2.03. The molecule has 6 nitrogen and oxygen atoms in total. The Balaban J connectivity index is 1.42. The SMILES string of the molecule is CN1CC[C@@H](CNC(=O)C2CCCc3[nH]ncc32)[C@@H]1c1cccnc1. The fraction of sp³-hybridized carbons (Fsp3) is 0.526. The summed E-state index contributed by atoms with van der Waals surface area (Å²) >= 11 is 0. The van der Waals surface area contributed by atoms with Crippen LogP contribution in [0.2, 0.25) is 0 Å². The second-order valence-corrected chi connectivity index (χ2v) is 7.25. The molecule has 1 unspecified atom stereocenters. The monoisotopic (exact) mass is 339 g/mol. The van der Waals surface area contributed by atoms with E-state index in [9.17, 15) is 4.79 Å². The molecular weight excluding hydrogens is 314 g/mol. The summed E-state index contributed by atoms with van der Waals surface area (Å²) in [7, 11) is 2.15. The molecule has 132 valence electrons. The number of carbonyl (C=O) groups is 1. The van der Waals surface area contributed by atoms with Crippen LogP contribution in [0, 0.1) is 5.92 Å². The van der Waals surface area contributed by atoms with Crippen LogP contribution in [0.4, 0.5) is 0 Å². The van der Waals surface area contributed by atoms with Crippen LogP contribution in [0.1, 0.15) is 48.0 Å². The minimum Gasteiger partial charge on any atom is -0.355 e. The Morgan fingerprint density at radius 1 is 1.40 bits per heavy atom. The molecule has 0 aromatic carbocycles. The van der Waals surface area contributed by atoms with Crippen molar-refractivity contribution in [2.45, 2.75) is 37.6 Å². The highest BCUT2D eigenvalue weighted by Crippen LogP contribution is 2.36. The molecule has 0 saturated carbocycles. The van der Waals surface area contributed by atoms with Gasteiger partial charge in [0, 0.05) is 36.2 Å². The Labute approximate surface area is 148 Å². The molecule has 2 aliphatic rings. The molecule has 2 aromatic rings. The second-order valence-electron chi connectivity index (χ2n) is 7.25. The fourth-order valence-electron chi connectivity index (χ4n) is 4.41. The lowest BCUT2D eigenvalue weighted by molar-refractivity contribution is -0.123. The van der Waals surface area contributed by atoms with Crippen molar-refractivity contribution in [2.24, 2.45) is 5.92 Å². The Bertz CT molecular complexity index is 728. The Kier molecular flexibility index (Phi) is 4.53. The van der Waals surface area contributed by atoms with E-state index in [1.54, 1.807) is 6.20 Å². The average molecular weight is 339 g/mol. The van der Waals surface area contributed by atoms with Crippen LogP contribution in [0.5, 0.6) is 0 Å². The van der Waals surface area contributed by atoms with Gasteiger partial charge in [0.1, 0.15) is 0 Å². The van der Waals surface area contributed by atoms with Crippen LogP contribution < -0.4 is 5.32 Å². The van der Waals surface area contributed by atoms with E-state index in [2.05, 4.69) is 38.5 Å². The molecule has 0 spiro atoms. The van der Waals surface area contributed by atoms with Gasteiger partial charge in [-0.25, -0.2) is 0 Å². The van der Waals surface area contributed by atoms with Gasteiger partial charge >= 0.3 is 0 Å². The normalized spacial score (nSPS) is 26.4. The minimum atomic E-state index is -0.0570. The Morgan fingerprint density at radius 2 is 2.32 bits per heavy atom. The lowest BCUT2D eigenvalue weighted by Crippen LogP contribution is -2.36. The molecule has 1 fully saturated rings. The van der Waals surface area contributed by atoms with E-state index in [0.29, 0.717) is 18.5 Å². The van der Waals surface area contributed by atoms with E-state index >= 15 is 0 Å². The third kappa shape index (κ3) is 3.18. The molecule has 2 N–H and O–H groups in total. The number of likely N-dealkylation sites (tertiary alicyclic amines) is 1. The van der Waals surface area contributed by atoms with Gasteiger partial charge in [-0.15, -0.1) is 0 Å². The van der Waals surface area contributed by atoms with Crippen LogP contribution in [0.15, 0.2) is 30.7 Å². The van der Waals surface area contributed by atoms with Gasteiger partial charge in [0.15, 0.2) is 0 Å². The zero-order valence-electron chi connectivity index (χ0n) is 14.6. The molecule has 0 bridgehead atoms. The van der Waals surface area contributed by atoms with Gasteiger partial charge in [0.2, 0.25) is 5.91 Å². The van der Waals surface area contributed by atoms with E-state index in [1.807, 2.05) is 18.5 Å². The van der Waals surface area contributed by atoms with Crippen LogP contribution in [-0.2, 0) is 11.2 Å². The standard InChI is InChI=1S/C19H25N5O/c1-24-9-7-14(18(24)13-4-3-8-20-10-13)11-21-19(25)15-5-2-6-17-16(15)12-22-23-17/h3-4,8,10,12,14-15,18H,2,5-7,9,11H2,1H3,(H,21,25)(H,22,23)/t14-,15?,18-/m0/s1. The molecule has 4 rings (SSSR count). The van der Waals surface area contributed by atoms with Crippen molar-refractivity contribution < 1.29 is 4.79 Å². The number of H-pyrrole nitrogens is 1. The number of nitrogens with one attached hydrogen (secondary N) is 2. The van der Waals surface area contributed by atoms with Crippen LogP contribution >= 0.6 is 0 Å². The smallest absolute Gasteiger partial charge is 0.227 e. The first-order valence-electron chi connectivity index (χ1n) is 9.14. The number of aryl methyl sites for hydroxylation is 1. The molecule has 1 saturated heterocycles. The van der Waals surface area contributed by atoms with Crippen molar-refractivity contribution >= 4 is 5.91 Å². The summed E-state index contributed by atoms with van der Waals surface area (Å²) in [5, 5.41) is 10.4. The molecule has 1 aliphatic heterocycles. The molecule has 0 radical (unpaired) electrons. The Morgan fingerprint density at radius 3 is 3.16 bits per heavy atom. The van der Waals surface area contributed by atoms with Gasteiger partial charge in [-0.2, -0.15) is 5.10 Å². The van der Waals surface area contributed by atoms with E-state index in [4.69, 9.17) is 0 Å². The maximum absolute atomic E-state index is 12.8. The Hall–Kier alpha value is -2.21. The lowest BCUT2D eigenvalue weighted by atomic mass is 9.86. The maximum atomic E-state index is 12.8. The van der Waals surface area contributed by atoms with Gasteiger partial charge in [-0.3, -0.25) is 19.8 Å². The van der Waals surface area contributed by atoms with Crippen molar-refractivity contribution in [3.63, 3.8) is 0 Å². The van der Waals surface area contributed by atoms with Crippen LogP contribution in [0.3, 0.4) is 0 Å². The van der Waals surface area contributed by atoms with E-state index in [1.165, 1.54) is 5.56 Å². The van der Waals surface area contributed by atoms with Gasteiger partial charge in [0.25, 0.3) is 0 Å². The second kappa shape index (κ2) is 6.96. The third-order valence-corrected chi connectivity index (χ3v) is 5.70. The van der Waals surface area contributed by atoms with Gasteiger partial charge in [0.05, 0.1) is 12.1 Å². The van der Waals surface area contributed by atoms with Gasteiger partial charge in [-0.05, 0) is 56.8 Å². The number of hydrogen-bond acceptors (Lipinski definition) is 4. The molecule has 1 aliphatic carbocycles. The van der Waals surface area contributed by atoms with Crippen molar-refractivity contribution in [3.8, 4) is 0 Å². The van der Waals surface area contributed by atoms with Crippen LogP contribution in [-0.4, -0.2) is 46.1 Å². The first-order valence-corrected chi connectivity index (χ1v) is 9.14. The summed E-state index contributed by atoms with van der Waals surface area (Å²) < 4.78 is 0. The number of hydrogen-bond donors (Lipinski definition) is 2. The summed E-state index contributed by atoms with van der Waals surface area (Å²) in [6.07, 6.45) is 9.61. The van der Waals surface area contributed by atoms with E-state index in [-0.39, 0.29) is 11.8 Å². The molecule has 3 heterocycles. The topological polar surface area (TPSA) is 73.9 Å². The van der Waals surface area contributed by atoms with Crippen molar-refractivity contribution in [1.82, 2.24) is 25.4 Å². The number of rotatable bonds is 4. The summed E-state index contributed by atoms with van der Waals surface area (Å²) in [6.45, 7) is 1.77. The minimum absolute atomic E-state index is 0.0570. The summed E-state index contributed by atoms with van der Waals surface area (Å²) in [6, 6.07) is 4.44. The van der Waals surface area contributed by atoms with E-state index in [0.717, 1.165) is 43.5 Å². The highest BCUT2D eigenvalue weighted by molar-refractivity contribution is 5.84. The molecule has 1 amide bonds. The number of aromatic amines is 1. The van der Waals surface area contributed by atoms with Crippen molar-refractivity contribution in [3.05, 3.63) is 47.5 Å². The summed E-state index contributed by atoms with van der Waals surface area (Å²) in [5.41, 5.74) is 3.44. The first kappa shape index (κ1) is 16.3. The number of carbonyl (C=O) groups excluding carboxylic acids is 1. The number of aromatic nitrogens is 3. The molecule has 6 heteroatoms. The summed E-state index contributed by atoms with van der Waals surface area (Å²) in [5.74, 6) is 0.505. The predicted molar refractivity (Wildman–Crippen MR) is 95.0 cm³/mol. The first-order chi connectivity index (χ1) is 12.2. The zero-order chi connectivity index (χ0) is 17.2. The molecule has 2 aromatic heterocycles. The largest absolute Gasteiger partial charge is 0.355 e. The van der Waals surface area contributed by atoms with Crippen molar-refractivity contribution in [1.29, 1.82) is 0 Å². The number of fused-ring (bicyclic) bond motifs is 1. The zero-order valence-corrected chi connectivity index (χ0v) is 14.6.